The Morgan fingerprint density at radius 2 is 2.39 bits per heavy atom. The van der Waals surface area contributed by atoms with E-state index in [0.717, 1.165) is 12.8 Å². The van der Waals surface area contributed by atoms with Crippen molar-refractivity contribution in [3.05, 3.63) is 23.8 Å². The van der Waals surface area contributed by atoms with Gasteiger partial charge in [0.2, 0.25) is 5.95 Å². The average Bonchev–Trinajstić information content (AvgIpc) is 2.73. The van der Waals surface area contributed by atoms with Crippen LogP contribution in [0.2, 0.25) is 5.15 Å². The number of halogens is 1. The van der Waals surface area contributed by atoms with Gasteiger partial charge in [-0.05, 0) is 18.9 Å². The van der Waals surface area contributed by atoms with Gasteiger partial charge < -0.3 is 15.0 Å². The van der Waals surface area contributed by atoms with Gasteiger partial charge in [0.1, 0.15) is 11.6 Å². The Morgan fingerprint density at radius 1 is 1.50 bits per heavy atom. The van der Waals surface area contributed by atoms with E-state index in [4.69, 9.17) is 22.1 Å². The molecule has 0 saturated carbocycles. The van der Waals surface area contributed by atoms with Crippen molar-refractivity contribution in [3.8, 4) is 0 Å². The highest BCUT2D eigenvalue weighted by molar-refractivity contribution is 6.33. The molecule has 2 N–H and O–H groups in total. The Labute approximate surface area is 108 Å². The zero-order valence-electron chi connectivity index (χ0n) is 9.58. The zero-order chi connectivity index (χ0) is 12.5. The number of allylic oxidation sites excluding steroid dienone is 1. The molecule has 0 saturated heterocycles. The van der Waals surface area contributed by atoms with Gasteiger partial charge in [-0.2, -0.15) is 9.97 Å². The number of nitrogens with zero attached hydrogens (tertiary/aromatic N) is 4. The number of anilines is 1. The monoisotopic (exact) mass is 265 g/mol. The van der Waals surface area contributed by atoms with Gasteiger partial charge in [-0.15, -0.1) is 0 Å². The summed E-state index contributed by atoms with van der Waals surface area (Å²) in [4.78, 5) is 12.2. The van der Waals surface area contributed by atoms with E-state index in [-0.39, 0.29) is 12.1 Å². The molecule has 1 aliphatic heterocycles. The summed E-state index contributed by atoms with van der Waals surface area (Å²) in [5, 5.41) is 0.321. The standard InChI is InChI=1S/C11H12ClN5O/c12-9-8-10(16-11(13)15-9)14-6-17(8)5-7-3-1-2-4-18-7/h2,4,6-7H,1,3,5H2,(H2,13,15,16). The first kappa shape index (κ1) is 11.3. The molecule has 0 aliphatic carbocycles. The van der Waals surface area contributed by atoms with Crippen LogP contribution in [0, 0.1) is 0 Å². The number of nitrogen functional groups attached to an aromatic ring is 1. The summed E-state index contributed by atoms with van der Waals surface area (Å²) < 4.78 is 7.43. The molecule has 2 aromatic rings. The van der Waals surface area contributed by atoms with E-state index in [9.17, 15) is 0 Å². The molecule has 0 spiro atoms. The Kier molecular flexibility index (Phi) is 2.79. The van der Waals surface area contributed by atoms with Crippen LogP contribution in [-0.4, -0.2) is 25.6 Å². The third-order valence-electron chi connectivity index (χ3n) is 2.87. The van der Waals surface area contributed by atoms with Crippen molar-refractivity contribution in [2.75, 3.05) is 5.73 Å². The van der Waals surface area contributed by atoms with Crippen LogP contribution in [0.15, 0.2) is 18.7 Å². The van der Waals surface area contributed by atoms with E-state index in [1.54, 1.807) is 12.6 Å². The Hall–Kier alpha value is -1.82. The first-order chi connectivity index (χ1) is 8.74. The highest BCUT2D eigenvalue weighted by Gasteiger charge is 2.16. The highest BCUT2D eigenvalue weighted by atomic mass is 35.5. The van der Waals surface area contributed by atoms with Crippen molar-refractivity contribution < 1.29 is 4.74 Å². The van der Waals surface area contributed by atoms with Gasteiger partial charge in [-0.3, -0.25) is 0 Å². The largest absolute Gasteiger partial charge is 0.496 e. The summed E-state index contributed by atoms with van der Waals surface area (Å²) in [6.07, 6.45) is 7.56. The van der Waals surface area contributed by atoms with Crippen LogP contribution in [0.1, 0.15) is 12.8 Å². The molecule has 0 aromatic carbocycles. The van der Waals surface area contributed by atoms with Crippen LogP contribution in [-0.2, 0) is 11.3 Å². The van der Waals surface area contributed by atoms with Crippen LogP contribution >= 0.6 is 11.6 Å². The van der Waals surface area contributed by atoms with Crippen LogP contribution < -0.4 is 5.73 Å². The Morgan fingerprint density at radius 3 is 3.17 bits per heavy atom. The third kappa shape index (κ3) is 1.99. The topological polar surface area (TPSA) is 78.8 Å². The minimum absolute atomic E-state index is 0.126. The Bertz CT molecular complexity index is 609. The lowest BCUT2D eigenvalue weighted by atomic mass is 10.1. The molecular formula is C11H12ClN5O. The van der Waals surface area contributed by atoms with Crippen molar-refractivity contribution >= 4 is 28.7 Å². The highest BCUT2D eigenvalue weighted by Crippen LogP contribution is 2.22. The smallest absolute Gasteiger partial charge is 0.223 e. The number of nitrogens with two attached hydrogens (primary N) is 1. The maximum Gasteiger partial charge on any atom is 0.223 e. The molecule has 1 atom stereocenters. The third-order valence-corrected chi connectivity index (χ3v) is 3.13. The second-order valence-corrected chi connectivity index (χ2v) is 4.51. The molecule has 0 amide bonds. The summed E-state index contributed by atoms with van der Waals surface area (Å²) in [5.41, 5.74) is 6.74. The van der Waals surface area contributed by atoms with Gasteiger partial charge in [0.05, 0.1) is 19.1 Å². The first-order valence-corrected chi connectivity index (χ1v) is 6.06. The summed E-state index contributed by atoms with van der Waals surface area (Å²) in [7, 11) is 0. The van der Waals surface area contributed by atoms with E-state index in [2.05, 4.69) is 15.0 Å². The number of ether oxygens (including phenoxy) is 1. The molecule has 6 nitrogen and oxygen atoms in total. The predicted molar refractivity (Wildman–Crippen MR) is 68.0 cm³/mol. The van der Waals surface area contributed by atoms with Crippen LogP contribution in [0.3, 0.4) is 0 Å². The average molecular weight is 266 g/mol. The SMILES string of the molecule is Nc1nc(Cl)c2c(ncn2CC2CCC=CO2)n1. The van der Waals surface area contributed by atoms with Crippen LogP contribution in [0.25, 0.3) is 11.2 Å². The van der Waals surface area contributed by atoms with Crippen molar-refractivity contribution in [2.24, 2.45) is 0 Å². The molecule has 18 heavy (non-hydrogen) atoms. The van der Waals surface area contributed by atoms with Gasteiger partial charge in [0.15, 0.2) is 10.8 Å². The molecule has 0 bridgehead atoms. The number of aromatic nitrogens is 4. The normalized spacial score (nSPS) is 19.1. The lowest BCUT2D eigenvalue weighted by molar-refractivity contribution is 0.108. The summed E-state index contributed by atoms with van der Waals surface area (Å²) >= 11 is 6.08. The Balaban J connectivity index is 1.94. The van der Waals surface area contributed by atoms with Crippen molar-refractivity contribution in [2.45, 2.75) is 25.5 Å². The molecule has 0 radical (unpaired) electrons. The van der Waals surface area contributed by atoms with Gasteiger partial charge >= 0.3 is 0 Å². The first-order valence-electron chi connectivity index (χ1n) is 5.68. The van der Waals surface area contributed by atoms with E-state index in [1.165, 1.54) is 0 Å². The zero-order valence-corrected chi connectivity index (χ0v) is 10.3. The van der Waals surface area contributed by atoms with Crippen molar-refractivity contribution in [1.29, 1.82) is 0 Å². The number of imidazole rings is 1. The number of hydrogen-bond acceptors (Lipinski definition) is 5. The number of fused-ring (bicyclic) bond motifs is 1. The van der Waals surface area contributed by atoms with Gasteiger partial charge in [-0.1, -0.05) is 11.6 Å². The quantitative estimate of drug-likeness (QED) is 0.837. The molecule has 94 valence electrons. The molecule has 0 fully saturated rings. The van der Waals surface area contributed by atoms with Gasteiger partial charge in [0.25, 0.3) is 0 Å². The predicted octanol–water partition coefficient (Wildman–Crippen LogP) is 1.75. The summed E-state index contributed by atoms with van der Waals surface area (Å²) in [6.45, 7) is 0.674. The van der Waals surface area contributed by atoms with E-state index in [0.29, 0.717) is 22.9 Å². The fourth-order valence-electron chi connectivity index (χ4n) is 2.03. The molecular weight excluding hydrogens is 254 g/mol. The van der Waals surface area contributed by atoms with E-state index < -0.39 is 0 Å². The van der Waals surface area contributed by atoms with Crippen molar-refractivity contribution in [3.63, 3.8) is 0 Å². The number of rotatable bonds is 2. The molecule has 1 aliphatic rings. The maximum absolute atomic E-state index is 6.08. The molecule has 2 aromatic heterocycles. The minimum atomic E-state index is 0.126. The summed E-state index contributed by atoms with van der Waals surface area (Å²) in [6, 6.07) is 0. The van der Waals surface area contributed by atoms with Gasteiger partial charge in [0, 0.05) is 0 Å². The second kappa shape index (κ2) is 4.45. The maximum atomic E-state index is 6.08. The minimum Gasteiger partial charge on any atom is -0.496 e. The van der Waals surface area contributed by atoms with Crippen LogP contribution in [0.4, 0.5) is 5.95 Å². The molecule has 7 heteroatoms. The lowest BCUT2D eigenvalue weighted by Gasteiger charge is -2.20. The molecule has 1 unspecified atom stereocenters. The molecule has 3 rings (SSSR count). The van der Waals surface area contributed by atoms with E-state index >= 15 is 0 Å². The van der Waals surface area contributed by atoms with E-state index in [1.807, 2.05) is 10.6 Å². The second-order valence-electron chi connectivity index (χ2n) is 4.15. The van der Waals surface area contributed by atoms with Crippen molar-refractivity contribution in [1.82, 2.24) is 19.5 Å². The van der Waals surface area contributed by atoms with Crippen LogP contribution in [0.5, 0.6) is 0 Å². The van der Waals surface area contributed by atoms with Gasteiger partial charge in [-0.25, -0.2) is 4.98 Å². The fourth-order valence-corrected chi connectivity index (χ4v) is 2.31. The summed E-state index contributed by atoms with van der Waals surface area (Å²) in [5.74, 6) is 0.134. The lowest BCUT2D eigenvalue weighted by Crippen LogP contribution is -2.19. The number of hydrogen-bond donors (Lipinski definition) is 1. The molecule has 3 heterocycles. The fraction of sp³-hybridized carbons (Fsp3) is 0.364.